The van der Waals surface area contributed by atoms with Crippen LogP contribution < -0.4 is 21.1 Å². The Bertz CT molecular complexity index is 1480. The van der Waals surface area contributed by atoms with Crippen molar-refractivity contribution < 1.29 is 22.7 Å². The van der Waals surface area contributed by atoms with Gasteiger partial charge in [0.2, 0.25) is 0 Å². The molecule has 0 atom stereocenters. The quantitative estimate of drug-likeness (QED) is 0.168. The van der Waals surface area contributed by atoms with E-state index < -0.39 is 17.6 Å². The molecule has 0 radical (unpaired) electrons. The molecule has 0 saturated carbocycles. The van der Waals surface area contributed by atoms with E-state index in [1.54, 1.807) is 37.7 Å². The first-order chi connectivity index (χ1) is 20.1. The minimum absolute atomic E-state index is 0.0707. The summed E-state index contributed by atoms with van der Waals surface area (Å²) >= 11 is 0. The number of H-pyrrole nitrogens is 1. The lowest BCUT2D eigenvalue weighted by Gasteiger charge is -2.15. The van der Waals surface area contributed by atoms with Gasteiger partial charge in [-0.25, -0.2) is 4.98 Å². The number of amides is 1. The molecule has 2 aromatic heterocycles. The Morgan fingerprint density at radius 3 is 2.36 bits per heavy atom. The average molecular weight is 585 g/mol. The highest BCUT2D eigenvalue weighted by atomic mass is 19.4. The second-order valence-corrected chi connectivity index (χ2v) is 9.59. The van der Waals surface area contributed by atoms with Crippen LogP contribution in [0, 0.1) is 6.92 Å². The number of pyridine rings is 1. The molecule has 0 unspecified atom stereocenters. The number of nitrogens with two attached hydrogens (primary N) is 1. The number of halogens is 3. The molecule has 0 aliphatic rings. The number of alkyl halides is 3. The van der Waals surface area contributed by atoms with E-state index in [-0.39, 0.29) is 17.7 Å². The molecule has 0 spiro atoms. The van der Waals surface area contributed by atoms with E-state index in [1.165, 1.54) is 31.8 Å². The van der Waals surface area contributed by atoms with Gasteiger partial charge in [-0.3, -0.25) is 4.79 Å². The van der Waals surface area contributed by atoms with Gasteiger partial charge in [-0.1, -0.05) is 32.9 Å². The number of carbonyl (C=O) groups excluding carboxylic acids is 1. The lowest BCUT2D eigenvalue weighted by atomic mass is 10.0. The number of anilines is 2. The molecule has 2 heterocycles. The standard InChI is InChI=1S/C25H24F3N5O2.C6H15N/c1-14-3-6-18(33-24(34)15-4-5-16(11-29)20(9-15)25(26,27)28)10-21(14)31-12-17-13-32-23-19(7-8-30-23)22(17)35-2;1-4-7(5-2)6-3/h3-10,13,31H,11-12,29H2,1-2H3,(H,30,32)(H,33,34);4-6H2,1-3H3. The number of aromatic amines is 1. The third kappa shape index (κ3) is 8.01. The normalized spacial score (nSPS) is 11.3. The Kier molecular flexibility index (Phi) is 11.3. The maximum absolute atomic E-state index is 13.3. The second kappa shape index (κ2) is 14.7. The molecule has 2 aromatic carbocycles. The van der Waals surface area contributed by atoms with Crippen molar-refractivity contribution in [3.8, 4) is 5.75 Å². The lowest BCUT2D eigenvalue weighted by molar-refractivity contribution is -0.138. The van der Waals surface area contributed by atoms with Gasteiger partial charge < -0.3 is 31.0 Å². The van der Waals surface area contributed by atoms with Crippen molar-refractivity contribution in [2.75, 3.05) is 37.4 Å². The zero-order valence-electron chi connectivity index (χ0n) is 24.7. The molecule has 4 aromatic rings. The van der Waals surface area contributed by atoms with Crippen molar-refractivity contribution in [3.63, 3.8) is 0 Å². The molecule has 11 heteroatoms. The molecular weight excluding hydrogens is 545 g/mol. The number of rotatable bonds is 10. The number of carbonyl (C=O) groups is 1. The number of hydrogen-bond donors (Lipinski definition) is 4. The average Bonchev–Trinajstić information content (AvgIpc) is 3.46. The number of nitrogens with one attached hydrogen (secondary N) is 3. The molecular formula is C31H39F3N6O2. The molecule has 0 aliphatic heterocycles. The number of aryl methyl sites for hydroxylation is 1. The van der Waals surface area contributed by atoms with Crippen LogP contribution >= 0.6 is 0 Å². The maximum Gasteiger partial charge on any atom is 0.416 e. The molecule has 226 valence electrons. The second-order valence-electron chi connectivity index (χ2n) is 9.59. The van der Waals surface area contributed by atoms with Crippen LogP contribution in [0.1, 0.15) is 53.4 Å². The van der Waals surface area contributed by atoms with Gasteiger partial charge in [-0.2, -0.15) is 13.2 Å². The zero-order chi connectivity index (χ0) is 30.9. The van der Waals surface area contributed by atoms with E-state index in [0.29, 0.717) is 18.0 Å². The Morgan fingerprint density at radius 2 is 1.76 bits per heavy atom. The largest absolute Gasteiger partial charge is 0.496 e. The summed E-state index contributed by atoms with van der Waals surface area (Å²) in [5, 5.41) is 6.84. The first kappa shape index (κ1) is 32.4. The van der Waals surface area contributed by atoms with Crippen LogP contribution in [0.2, 0.25) is 0 Å². The monoisotopic (exact) mass is 584 g/mol. The summed E-state index contributed by atoms with van der Waals surface area (Å²) in [6, 6.07) is 10.5. The van der Waals surface area contributed by atoms with Gasteiger partial charge in [-0.05, 0) is 68.0 Å². The molecule has 0 saturated heterocycles. The molecule has 8 nitrogen and oxygen atoms in total. The van der Waals surface area contributed by atoms with Crippen LogP contribution in [0.4, 0.5) is 24.5 Å². The number of benzene rings is 2. The van der Waals surface area contributed by atoms with Crippen molar-refractivity contribution in [1.82, 2.24) is 14.9 Å². The smallest absolute Gasteiger partial charge is 0.416 e. The van der Waals surface area contributed by atoms with E-state index in [0.717, 1.165) is 33.9 Å². The summed E-state index contributed by atoms with van der Waals surface area (Å²) in [4.78, 5) is 22.5. The van der Waals surface area contributed by atoms with Crippen LogP contribution in [0.15, 0.2) is 54.9 Å². The van der Waals surface area contributed by atoms with Crippen LogP contribution in [0.3, 0.4) is 0 Å². The SMILES string of the molecule is CCN(CC)CC.COc1c(CNc2cc(NC(=O)c3ccc(CN)c(C(F)(F)F)c3)ccc2C)cnc2[nH]ccc12. The van der Waals surface area contributed by atoms with Crippen LogP contribution in [-0.2, 0) is 19.3 Å². The molecule has 0 bridgehead atoms. The van der Waals surface area contributed by atoms with Crippen molar-refractivity contribution >= 4 is 28.3 Å². The molecule has 1 amide bonds. The van der Waals surface area contributed by atoms with E-state index in [2.05, 4.69) is 46.3 Å². The fourth-order valence-corrected chi connectivity index (χ4v) is 4.51. The zero-order valence-corrected chi connectivity index (χ0v) is 24.7. The minimum atomic E-state index is -4.61. The minimum Gasteiger partial charge on any atom is -0.496 e. The highest BCUT2D eigenvalue weighted by Crippen LogP contribution is 2.33. The van der Waals surface area contributed by atoms with Crippen molar-refractivity contribution in [2.24, 2.45) is 5.73 Å². The van der Waals surface area contributed by atoms with Gasteiger partial charge >= 0.3 is 6.18 Å². The predicted molar refractivity (Wildman–Crippen MR) is 162 cm³/mol. The molecule has 5 N–H and O–H groups in total. The highest BCUT2D eigenvalue weighted by molar-refractivity contribution is 6.04. The summed E-state index contributed by atoms with van der Waals surface area (Å²) in [5.41, 5.74) is 7.98. The summed E-state index contributed by atoms with van der Waals surface area (Å²) < 4.78 is 45.6. The summed E-state index contributed by atoms with van der Waals surface area (Å²) in [7, 11) is 1.59. The van der Waals surface area contributed by atoms with E-state index in [4.69, 9.17) is 10.5 Å². The molecule has 42 heavy (non-hydrogen) atoms. The van der Waals surface area contributed by atoms with Gasteiger partial charge in [0.15, 0.2) is 0 Å². The first-order valence-corrected chi connectivity index (χ1v) is 13.8. The number of aromatic nitrogens is 2. The van der Waals surface area contributed by atoms with E-state index in [9.17, 15) is 18.0 Å². The molecule has 4 rings (SSSR count). The topological polar surface area (TPSA) is 108 Å². The number of hydrogen-bond acceptors (Lipinski definition) is 6. The third-order valence-corrected chi connectivity index (χ3v) is 7.02. The highest BCUT2D eigenvalue weighted by Gasteiger charge is 2.33. The maximum atomic E-state index is 13.3. The molecule has 0 fully saturated rings. The van der Waals surface area contributed by atoms with Gasteiger partial charge in [0.05, 0.1) is 18.1 Å². The van der Waals surface area contributed by atoms with Crippen molar-refractivity contribution in [2.45, 2.75) is 47.0 Å². The van der Waals surface area contributed by atoms with Crippen molar-refractivity contribution in [1.29, 1.82) is 0 Å². The number of fused-ring (bicyclic) bond motifs is 1. The van der Waals surface area contributed by atoms with Gasteiger partial charge in [0, 0.05) is 48.0 Å². The Morgan fingerprint density at radius 1 is 1.05 bits per heavy atom. The summed E-state index contributed by atoms with van der Waals surface area (Å²) in [6.45, 7) is 12.2. The fourth-order valence-electron chi connectivity index (χ4n) is 4.51. The van der Waals surface area contributed by atoms with Crippen LogP contribution in [0.25, 0.3) is 11.0 Å². The van der Waals surface area contributed by atoms with E-state index >= 15 is 0 Å². The predicted octanol–water partition coefficient (Wildman–Crippen LogP) is 6.57. The Hall–Kier alpha value is -4.09. The molecule has 0 aliphatic carbocycles. The Balaban J connectivity index is 0.000000616. The fraction of sp³-hybridized carbons (Fsp3) is 0.355. The van der Waals surface area contributed by atoms with Crippen LogP contribution in [0.5, 0.6) is 5.75 Å². The number of methoxy groups -OCH3 is 1. The summed E-state index contributed by atoms with van der Waals surface area (Å²) in [6.07, 6.45) is -1.10. The van der Waals surface area contributed by atoms with Gasteiger partial charge in [0.25, 0.3) is 5.91 Å². The lowest BCUT2D eigenvalue weighted by Crippen LogP contribution is -2.21. The van der Waals surface area contributed by atoms with Crippen LogP contribution in [-0.4, -0.2) is 47.5 Å². The Labute approximate surface area is 244 Å². The van der Waals surface area contributed by atoms with E-state index in [1.807, 2.05) is 13.0 Å². The van der Waals surface area contributed by atoms with Gasteiger partial charge in [-0.15, -0.1) is 0 Å². The van der Waals surface area contributed by atoms with Crippen molar-refractivity contribution in [3.05, 3.63) is 82.7 Å². The van der Waals surface area contributed by atoms with Gasteiger partial charge in [0.1, 0.15) is 11.4 Å². The third-order valence-electron chi connectivity index (χ3n) is 7.02. The summed E-state index contributed by atoms with van der Waals surface area (Å²) in [5.74, 6) is 0.0462. The number of nitrogens with zero attached hydrogens (tertiary/aromatic N) is 2. The first-order valence-electron chi connectivity index (χ1n) is 13.8. The number of ether oxygens (including phenoxy) is 1.